The predicted octanol–water partition coefficient (Wildman–Crippen LogP) is 5.21. The quantitative estimate of drug-likeness (QED) is 0.486. The summed E-state index contributed by atoms with van der Waals surface area (Å²) in [6.45, 7) is 5.41. The average molecular weight is 384 g/mol. The first-order valence-electron chi connectivity index (χ1n) is 9.71. The van der Waals surface area contributed by atoms with Crippen LogP contribution >= 0.6 is 0 Å². The molecule has 150 valence electrons. The highest BCUT2D eigenvalue weighted by Gasteiger charge is 2.13. The van der Waals surface area contributed by atoms with Crippen molar-refractivity contribution in [1.82, 2.24) is 9.97 Å². The van der Waals surface area contributed by atoms with Gasteiger partial charge in [-0.2, -0.15) is 0 Å². The molecule has 3 rings (SSSR count). The third kappa shape index (κ3) is 4.32. The van der Waals surface area contributed by atoms with Gasteiger partial charge in [-0.05, 0) is 31.5 Å². The molecule has 0 unspecified atom stereocenters. The van der Waals surface area contributed by atoms with Crippen LogP contribution in [0.1, 0.15) is 33.1 Å². The van der Waals surface area contributed by atoms with Gasteiger partial charge in [0.2, 0.25) is 0 Å². The Balaban J connectivity index is 1.90. The van der Waals surface area contributed by atoms with Gasteiger partial charge in [-0.25, -0.2) is 4.98 Å². The summed E-state index contributed by atoms with van der Waals surface area (Å²) in [5.74, 6) is 3.56. The molecular weight excluding hydrogens is 356 g/mol. The molecule has 0 amide bonds. The topological polar surface area (TPSA) is 65.6 Å². The molecule has 0 aliphatic heterocycles. The Hall–Kier alpha value is -2.89. The maximum atomic E-state index is 5.91. The summed E-state index contributed by atoms with van der Waals surface area (Å²) in [6.07, 6.45) is 3.37. The molecule has 2 aromatic carbocycles. The normalized spacial score (nSPS) is 10.9. The molecule has 0 bridgehead atoms. The van der Waals surface area contributed by atoms with Crippen LogP contribution in [0, 0.1) is 0 Å². The van der Waals surface area contributed by atoms with E-state index in [0.29, 0.717) is 24.7 Å². The standard InChI is InChI=1S/C22H28N2O4/c1-5-7-8-11-28-18-10-9-15(12-21(18)27-6-2)22-23-16-13-19(25-3)20(26-4)14-17(16)24-22/h9-10,12-14H,5-8,11H2,1-4H3,(H,23,24). The van der Waals surface area contributed by atoms with Gasteiger partial charge < -0.3 is 23.9 Å². The third-order valence-corrected chi connectivity index (χ3v) is 4.51. The highest BCUT2D eigenvalue weighted by atomic mass is 16.5. The van der Waals surface area contributed by atoms with Gasteiger partial charge in [0, 0.05) is 17.7 Å². The summed E-state index contributed by atoms with van der Waals surface area (Å²) >= 11 is 0. The lowest BCUT2D eigenvalue weighted by Gasteiger charge is -2.12. The second kappa shape index (κ2) is 9.35. The first-order valence-corrected chi connectivity index (χ1v) is 9.71. The zero-order valence-electron chi connectivity index (χ0n) is 17.0. The van der Waals surface area contributed by atoms with Gasteiger partial charge in [-0.15, -0.1) is 0 Å². The van der Waals surface area contributed by atoms with Crippen molar-refractivity contribution in [2.45, 2.75) is 33.1 Å². The number of aromatic nitrogens is 2. The molecule has 1 aromatic heterocycles. The number of imidazole rings is 1. The summed E-state index contributed by atoms with van der Waals surface area (Å²) in [5.41, 5.74) is 2.62. The minimum absolute atomic E-state index is 0.573. The Kier molecular flexibility index (Phi) is 6.63. The molecular formula is C22H28N2O4. The summed E-state index contributed by atoms with van der Waals surface area (Å²) in [5, 5.41) is 0. The summed E-state index contributed by atoms with van der Waals surface area (Å²) < 4.78 is 22.4. The van der Waals surface area contributed by atoms with Crippen LogP contribution in [-0.4, -0.2) is 37.4 Å². The number of ether oxygens (including phenoxy) is 4. The van der Waals surface area contributed by atoms with Crippen LogP contribution < -0.4 is 18.9 Å². The number of nitrogens with one attached hydrogen (secondary N) is 1. The predicted molar refractivity (Wildman–Crippen MR) is 111 cm³/mol. The van der Waals surface area contributed by atoms with E-state index in [4.69, 9.17) is 23.9 Å². The van der Waals surface area contributed by atoms with E-state index < -0.39 is 0 Å². The maximum Gasteiger partial charge on any atom is 0.163 e. The average Bonchev–Trinajstić information content (AvgIpc) is 3.14. The molecule has 6 heteroatoms. The fraction of sp³-hybridized carbons (Fsp3) is 0.409. The minimum atomic E-state index is 0.573. The molecule has 3 aromatic rings. The second-order valence-electron chi connectivity index (χ2n) is 6.46. The van der Waals surface area contributed by atoms with Gasteiger partial charge in [-0.3, -0.25) is 0 Å². The molecule has 0 atom stereocenters. The second-order valence-corrected chi connectivity index (χ2v) is 6.46. The van der Waals surface area contributed by atoms with E-state index in [1.54, 1.807) is 14.2 Å². The lowest BCUT2D eigenvalue weighted by molar-refractivity contribution is 0.271. The number of unbranched alkanes of at least 4 members (excludes halogenated alkanes) is 2. The fourth-order valence-corrected chi connectivity index (χ4v) is 3.05. The lowest BCUT2D eigenvalue weighted by Crippen LogP contribution is -2.01. The molecule has 0 saturated heterocycles. The van der Waals surface area contributed by atoms with Gasteiger partial charge in [-0.1, -0.05) is 19.8 Å². The molecule has 0 spiro atoms. The van der Waals surface area contributed by atoms with Crippen LogP contribution in [0.5, 0.6) is 23.0 Å². The van der Waals surface area contributed by atoms with Crippen molar-refractivity contribution in [3.8, 4) is 34.4 Å². The van der Waals surface area contributed by atoms with Gasteiger partial charge in [0.25, 0.3) is 0 Å². The Bertz CT molecular complexity index is 879. The van der Waals surface area contributed by atoms with Crippen LogP contribution in [0.25, 0.3) is 22.4 Å². The number of methoxy groups -OCH3 is 2. The summed E-state index contributed by atoms with van der Waals surface area (Å²) in [4.78, 5) is 8.04. The van der Waals surface area contributed by atoms with E-state index >= 15 is 0 Å². The number of aromatic amines is 1. The molecule has 28 heavy (non-hydrogen) atoms. The van der Waals surface area contributed by atoms with E-state index in [0.717, 1.165) is 46.8 Å². The van der Waals surface area contributed by atoms with Crippen LogP contribution in [0.3, 0.4) is 0 Å². The van der Waals surface area contributed by atoms with E-state index in [9.17, 15) is 0 Å². The zero-order valence-corrected chi connectivity index (χ0v) is 17.0. The van der Waals surface area contributed by atoms with E-state index in [1.807, 2.05) is 37.3 Å². The van der Waals surface area contributed by atoms with Crippen LogP contribution in [-0.2, 0) is 0 Å². The monoisotopic (exact) mass is 384 g/mol. The minimum Gasteiger partial charge on any atom is -0.493 e. The van der Waals surface area contributed by atoms with E-state index in [1.165, 1.54) is 6.42 Å². The number of hydrogen-bond donors (Lipinski definition) is 1. The molecule has 0 aliphatic carbocycles. The van der Waals surface area contributed by atoms with Crippen molar-refractivity contribution in [2.24, 2.45) is 0 Å². The van der Waals surface area contributed by atoms with Crippen molar-refractivity contribution >= 4 is 11.0 Å². The molecule has 1 heterocycles. The van der Waals surface area contributed by atoms with Gasteiger partial charge in [0.05, 0.1) is 38.5 Å². The Morgan fingerprint density at radius 1 is 0.857 bits per heavy atom. The van der Waals surface area contributed by atoms with Crippen molar-refractivity contribution in [3.63, 3.8) is 0 Å². The summed E-state index contributed by atoms with van der Waals surface area (Å²) in [7, 11) is 3.24. The summed E-state index contributed by atoms with van der Waals surface area (Å²) in [6, 6.07) is 9.65. The molecule has 0 saturated carbocycles. The Morgan fingerprint density at radius 3 is 2.36 bits per heavy atom. The molecule has 6 nitrogen and oxygen atoms in total. The van der Waals surface area contributed by atoms with E-state index in [-0.39, 0.29) is 0 Å². The van der Waals surface area contributed by atoms with Crippen molar-refractivity contribution in [3.05, 3.63) is 30.3 Å². The Labute approximate surface area is 165 Å². The van der Waals surface area contributed by atoms with E-state index in [2.05, 4.69) is 11.9 Å². The molecule has 1 N–H and O–H groups in total. The fourth-order valence-electron chi connectivity index (χ4n) is 3.05. The van der Waals surface area contributed by atoms with Crippen molar-refractivity contribution in [2.75, 3.05) is 27.4 Å². The first-order chi connectivity index (χ1) is 13.7. The zero-order chi connectivity index (χ0) is 19.9. The van der Waals surface area contributed by atoms with Crippen molar-refractivity contribution < 1.29 is 18.9 Å². The third-order valence-electron chi connectivity index (χ3n) is 4.51. The lowest BCUT2D eigenvalue weighted by atomic mass is 10.2. The smallest absolute Gasteiger partial charge is 0.163 e. The largest absolute Gasteiger partial charge is 0.493 e. The maximum absolute atomic E-state index is 5.91. The SMILES string of the molecule is CCCCCOc1ccc(-c2nc3cc(OC)c(OC)cc3[nH]2)cc1OCC. The number of H-pyrrole nitrogens is 1. The number of hydrogen-bond acceptors (Lipinski definition) is 5. The van der Waals surface area contributed by atoms with Crippen LogP contribution in [0.2, 0.25) is 0 Å². The highest BCUT2D eigenvalue weighted by Crippen LogP contribution is 2.35. The first kappa shape index (κ1) is 19.9. The number of nitrogens with zero attached hydrogens (tertiary/aromatic N) is 1. The van der Waals surface area contributed by atoms with Gasteiger partial charge >= 0.3 is 0 Å². The molecule has 0 radical (unpaired) electrons. The Morgan fingerprint density at radius 2 is 1.64 bits per heavy atom. The van der Waals surface area contributed by atoms with Gasteiger partial charge in [0.1, 0.15) is 5.82 Å². The van der Waals surface area contributed by atoms with Crippen molar-refractivity contribution in [1.29, 1.82) is 0 Å². The highest BCUT2D eigenvalue weighted by molar-refractivity contribution is 5.83. The number of rotatable bonds is 10. The molecule has 0 fully saturated rings. The number of benzene rings is 2. The molecule has 0 aliphatic rings. The van der Waals surface area contributed by atoms with Gasteiger partial charge in [0.15, 0.2) is 23.0 Å². The number of fused-ring (bicyclic) bond motifs is 1. The van der Waals surface area contributed by atoms with Crippen LogP contribution in [0.4, 0.5) is 0 Å². The van der Waals surface area contributed by atoms with Crippen LogP contribution in [0.15, 0.2) is 30.3 Å².